The molecular weight excluding hydrogens is 274 g/mol. The lowest BCUT2D eigenvalue weighted by Crippen LogP contribution is -2.31. The van der Waals surface area contributed by atoms with Gasteiger partial charge in [-0.05, 0) is 13.3 Å². The Hall–Kier alpha value is -1.45. The van der Waals surface area contributed by atoms with Gasteiger partial charge in [0.2, 0.25) is 0 Å². The number of aromatic nitrogens is 2. The molecule has 1 atom stereocenters. The van der Waals surface area contributed by atoms with E-state index >= 15 is 0 Å². The number of ether oxygens (including phenoxy) is 1. The minimum Gasteiger partial charge on any atom is -0.462 e. The lowest BCUT2D eigenvalue weighted by Gasteiger charge is -2.14. The number of β-amino-alcohol motifs (C(OH)–C–C–N with tert-alkyl or cyclic N) is 1. The van der Waals surface area contributed by atoms with Gasteiger partial charge in [-0.15, -0.1) is 0 Å². The Morgan fingerprint density at radius 2 is 2.42 bits per heavy atom. The van der Waals surface area contributed by atoms with E-state index in [-0.39, 0.29) is 30.3 Å². The molecule has 2 heterocycles. The van der Waals surface area contributed by atoms with Gasteiger partial charge < -0.3 is 9.84 Å². The molecule has 2 rings (SSSR count). The number of aromatic amines is 1. The quantitative estimate of drug-likeness (QED) is 0.712. The fourth-order valence-electron chi connectivity index (χ4n) is 1.88. The maximum Gasteiger partial charge on any atom is 0.342 e. The Kier molecular flexibility index (Phi) is 3.88. The highest BCUT2D eigenvalue weighted by Gasteiger charge is 2.35. The van der Waals surface area contributed by atoms with Gasteiger partial charge in [0.05, 0.1) is 18.9 Å². The molecule has 0 bridgehead atoms. The third kappa shape index (κ3) is 2.62. The molecule has 1 aromatic rings. The third-order valence-corrected chi connectivity index (χ3v) is 4.66. The van der Waals surface area contributed by atoms with Crippen molar-refractivity contribution in [2.75, 3.05) is 19.7 Å². The van der Waals surface area contributed by atoms with Crippen LogP contribution in [0.2, 0.25) is 0 Å². The van der Waals surface area contributed by atoms with Crippen molar-refractivity contribution in [2.45, 2.75) is 24.5 Å². The predicted molar refractivity (Wildman–Crippen MR) is 63.9 cm³/mol. The summed E-state index contributed by atoms with van der Waals surface area (Å²) in [5.74, 6) is -0.741. The van der Waals surface area contributed by atoms with Crippen molar-refractivity contribution < 1.29 is 23.1 Å². The summed E-state index contributed by atoms with van der Waals surface area (Å²) in [4.78, 5) is 11.6. The van der Waals surface area contributed by atoms with E-state index in [0.29, 0.717) is 6.42 Å². The fraction of sp³-hybridized carbons (Fsp3) is 0.600. The summed E-state index contributed by atoms with van der Waals surface area (Å²) in [6.45, 7) is 2.00. The van der Waals surface area contributed by atoms with Crippen molar-refractivity contribution in [3.8, 4) is 0 Å². The first kappa shape index (κ1) is 14.0. The molecule has 1 aliphatic heterocycles. The highest BCUT2D eigenvalue weighted by Crippen LogP contribution is 2.22. The van der Waals surface area contributed by atoms with Crippen LogP contribution in [0.25, 0.3) is 0 Å². The number of nitrogens with one attached hydrogen (secondary N) is 1. The van der Waals surface area contributed by atoms with Crippen LogP contribution < -0.4 is 0 Å². The third-order valence-electron chi connectivity index (χ3n) is 2.82. The van der Waals surface area contributed by atoms with Gasteiger partial charge in [-0.2, -0.15) is 9.40 Å². The number of H-pyrrole nitrogens is 1. The van der Waals surface area contributed by atoms with Gasteiger partial charge in [-0.3, -0.25) is 5.10 Å². The first-order chi connectivity index (χ1) is 8.96. The number of esters is 1. The second kappa shape index (κ2) is 5.27. The number of carbonyl (C=O) groups is 1. The van der Waals surface area contributed by atoms with Crippen LogP contribution >= 0.6 is 0 Å². The Balaban J connectivity index is 2.31. The molecule has 106 valence electrons. The molecule has 2 N–H and O–H groups in total. The highest BCUT2D eigenvalue weighted by atomic mass is 32.2. The summed E-state index contributed by atoms with van der Waals surface area (Å²) < 4.78 is 30.5. The lowest BCUT2D eigenvalue weighted by molar-refractivity contribution is 0.0521. The smallest absolute Gasteiger partial charge is 0.342 e. The average molecular weight is 289 g/mol. The van der Waals surface area contributed by atoms with Crippen LogP contribution in [0.1, 0.15) is 23.7 Å². The van der Waals surface area contributed by atoms with Crippen LogP contribution in [-0.2, 0) is 14.8 Å². The molecular formula is C10H15N3O5S. The standard InChI is InChI=1S/C10H15N3O5S/c1-2-18-10(15)8-5-11-12-9(8)19(16,17)13-4-3-7(14)6-13/h5,7,14H,2-4,6H2,1H3,(H,11,12)/t7-/m0/s1. The zero-order valence-electron chi connectivity index (χ0n) is 10.4. The fourth-order valence-corrected chi connectivity index (χ4v) is 3.44. The van der Waals surface area contributed by atoms with E-state index in [2.05, 4.69) is 10.2 Å². The van der Waals surface area contributed by atoms with Gasteiger partial charge in [0.25, 0.3) is 10.0 Å². The van der Waals surface area contributed by atoms with Crippen molar-refractivity contribution in [1.82, 2.24) is 14.5 Å². The van der Waals surface area contributed by atoms with Gasteiger partial charge in [0.15, 0.2) is 5.03 Å². The van der Waals surface area contributed by atoms with Crippen molar-refractivity contribution in [3.05, 3.63) is 11.8 Å². The number of aliphatic hydroxyl groups excluding tert-OH is 1. The first-order valence-electron chi connectivity index (χ1n) is 5.85. The minimum atomic E-state index is -3.87. The van der Waals surface area contributed by atoms with E-state index in [0.717, 1.165) is 10.5 Å². The zero-order valence-corrected chi connectivity index (χ0v) is 11.2. The molecule has 0 amide bonds. The molecule has 0 aromatic carbocycles. The van der Waals surface area contributed by atoms with Gasteiger partial charge in [-0.1, -0.05) is 0 Å². The Morgan fingerprint density at radius 3 is 3.00 bits per heavy atom. The molecule has 0 radical (unpaired) electrons. The van der Waals surface area contributed by atoms with Crippen LogP contribution in [0, 0.1) is 0 Å². The van der Waals surface area contributed by atoms with E-state index in [9.17, 15) is 18.3 Å². The van der Waals surface area contributed by atoms with Crippen LogP contribution in [0.15, 0.2) is 11.2 Å². The largest absolute Gasteiger partial charge is 0.462 e. The molecule has 19 heavy (non-hydrogen) atoms. The number of nitrogens with zero attached hydrogens (tertiary/aromatic N) is 2. The van der Waals surface area contributed by atoms with Crippen molar-refractivity contribution >= 4 is 16.0 Å². The number of hydrogen-bond acceptors (Lipinski definition) is 6. The number of aliphatic hydroxyl groups is 1. The summed E-state index contributed by atoms with van der Waals surface area (Å²) in [6.07, 6.45) is 0.822. The first-order valence-corrected chi connectivity index (χ1v) is 7.29. The monoisotopic (exact) mass is 289 g/mol. The summed E-state index contributed by atoms with van der Waals surface area (Å²) in [5, 5.41) is 15.0. The van der Waals surface area contributed by atoms with Gasteiger partial charge >= 0.3 is 5.97 Å². The van der Waals surface area contributed by atoms with Crippen molar-refractivity contribution in [2.24, 2.45) is 0 Å². The Bertz CT molecular complexity index is 567. The average Bonchev–Trinajstić information content (AvgIpc) is 2.97. The molecule has 1 fully saturated rings. The molecule has 9 heteroatoms. The van der Waals surface area contributed by atoms with Crippen molar-refractivity contribution in [1.29, 1.82) is 0 Å². The van der Waals surface area contributed by atoms with E-state index < -0.39 is 22.1 Å². The molecule has 0 spiro atoms. The predicted octanol–water partition coefficient (Wildman–Crippen LogP) is -0.658. The zero-order chi connectivity index (χ0) is 14.0. The van der Waals surface area contributed by atoms with E-state index in [4.69, 9.17) is 4.74 Å². The van der Waals surface area contributed by atoms with Crippen LogP contribution in [0.4, 0.5) is 0 Å². The molecule has 1 saturated heterocycles. The number of carbonyl (C=O) groups excluding carboxylic acids is 1. The normalized spacial score (nSPS) is 20.6. The maximum absolute atomic E-state index is 12.3. The van der Waals surface area contributed by atoms with E-state index in [1.807, 2.05) is 0 Å². The molecule has 0 saturated carbocycles. The minimum absolute atomic E-state index is 0.0175. The summed E-state index contributed by atoms with van der Waals surface area (Å²) in [6, 6.07) is 0. The second-order valence-electron chi connectivity index (χ2n) is 4.14. The Morgan fingerprint density at radius 1 is 1.68 bits per heavy atom. The number of sulfonamides is 1. The summed E-state index contributed by atoms with van der Waals surface area (Å²) in [5.41, 5.74) is -0.122. The van der Waals surface area contributed by atoms with Crippen molar-refractivity contribution in [3.63, 3.8) is 0 Å². The second-order valence-corrected chi connectivity index (χ2v) is 6.01. The highest BCUT2D eigenvalue weighted by molar-refractivity contribution is 7.89. The van der Waals surface area contributed by atoms with Crippen LogP contribution in [0.5, 0.6) is 0 Å². The van der Waals surface area contributed by atoms with Crippen LogP contribution in [-0.4, -0.2) is 59.8 Å². The van der Waals surface area contributed by atoms with Gasteiger partial charge in [0.1, 0.15) is 5.56 Å². The topological polar surface area (TPSA) is 113 Å². The lowest BCUT2D eigenvalue weighted by atomic mass is 10.3. The number of rotatable bonds is 4. The molecule has 1 aromatic heterocycles. The molecule has 0 aliphatic carbocycles. The SMILES string of the molecule is CCOC(=O)c1cn[nH]c1S(=O)(=O)N1CC[C@H](O)C1. The van der Waals surface area contributed by atoms with Gasteiger partial charge in [-0.25, -0.2) is 13.2 Å². The molecule has 8 nitrogen and oxygen atoms in total. The Labute approximate surface area is 110 Å². The van der Waals surface area contributed by atoms with E-state index in [1.165, 1.54) is 0 Å². The summed E-state index contributed by atoms with van der Waals surface area (Å²) in [7, 11) is -3.87. The molecule has 1 aliphatic rings. The number of hydrogen-bond donors (Lipinski definition) is 2. The van der Waals surface area contributed by atoms with E-state index in [1.54, 1.807) is 6.92 Å². The maximum atomic E-state index is 12.3. The summed E-state index contributed by atoms with van der Waals surface area (Å²) >= 11 is 0. The molecule has 0 unspecified atom stereocenters. The van der Waals surface area contributed by atoms with Crippen LogP contribution in [0.3, 0.4) is 0 Å². The van der Waals surface area contributed by atoms with Gasteiger partial charge in [0, 0.05) is 13.1 Å².